The van der Waals surface area contributed by atoms with E-state index in [-0.39, 0.29) is 18.0 Å². The van der Waals surface area contributed by atoms with Crippen LogP contribution in [0, 0.1) is 0 Å². The molecular weight excluding hydrogens is 192 g/mol. The number of likely N-dealkylation sites (N-methyl/N-ethyl adjacent to an activating group) is 1. The summed E-state index contributed by atoms with van der Waals surface area (Å²) in [7, 11) is 4.01. The van der Waals surface area contributed by atoms with Gasteiger partial charge in [0, 0.05) is 18.7 Å². The molecule has 0 aromatic rings. The van der Waals surface area contributed by atoms with E-state index in [4.69, 9.17) is 10.8 Å². The van der Waals surface area contributed by atoms with Crippen LogP contribution in [0.3, 0.4) is 0 Å². The monoisotopic (exact) mass is 210 g/mol. The van der Waals surface area contributed by atoms with Crippen molar-refractivity contribution >= 4 is 18.4 Å². The number of hydrogen-bond donors (Lipinski definition) is 2. The first-order valence-electron chi connectivity index (χ1n) is 3.65. The summed E-state index contributed by atoms with van der Waals surface area (Å²) in [6.45, 7) is 6.34. The first kappa shape index (κ1) is 18.3. The average Bonchev–Trinajstić information content (AvgIpc) is 1.87. The van der Waals surface area contributed by atoms with Crippen molar-refractivity contribution in [1.29, 1.82) is 0 Å². The van der Waals surface area contributed by atoms with Crippen molar-refractivity contribution in [2.75, 3.05) is 27.2 Å². The topological polar surface area (TPSA) is 66.6 Å². The quantitative estimate of drug-likeness (QED) is 0.669. The SMILES string of the molecule is C=C(C)C(=O)O.CN(C)CCN.Cl. The molecule has 0 aromatic carbocycles. The Bertz CT molecular complexity index is 137. The molecule has 0 radical (unpaired) electrons. The van der Waals surface area contributed by atoms with Gasteiger partial charge in [-0.2, -0.15) is 0 Å². The van der Waals surface area contributed by atoms with E-state index in [9.17, 15) is 4.79 Å². The Kier molecular flexibility index (Phi) is 16.0. The van der Waals surface area contributed by atoms with Gasteiger partial charge in [0.05, 0.1) is 0 Å². The summed E-state index contributed by atoms with van der Waals surface area (Å²) in [6, 6.07) is 0. The van der Waals surface area contributed by atoms with Crippen LogP contribution in [0.1, 0.15) is 6.92 Å². The van der Waals surface area contributed by atoms with Crippen LogP contribution in [-0.4, -0.2) is 43.2 Å². The minimum atomic E-state index is -0.935. The highest BCUT2D eigenvalue weighted by molar-refractivity contribution is 5.85. The van der Waals surface area contributed by atoms with Crippen LogP contribution in [0.5, 0.6) is 0 Å². The molecule has 0 aliphatic heterocycles. The van der Waals surface area contributed by atoms with Crippen LogP contribution >= 0.6 is 12.4 Å². The summed E-state index contributed by atoms with van der Waals surface area (Å²) in [5.41, 5.74) is 5.36. The van der Waals surface area contributed by atoms with Gasteiger partial charge in [0.15, 0.2) is 0 Å². The molecule has 0 fully saturated rings. The minimum Gasteiger partial charge on any atom is -0.478 e. The van der Waals surface area contributed by atoms with Crippen molar-refractivity contribution in [3.8, 4) is 0 Å². The second-order valence-electron chi connectivity index (χ2n) is 2.68. The predicted molar refractivity (Wildman–Crippen MR) is 57.3 cm³/mol. The maximum Gasteiger partial charge on any atom is 0.330 e. The van der Waals surface area contributed by atoms with Gasteiger partial charge in [0.25, 0.3) is 0 Å². The van der Waals surface area contributed by atoms with Gasteiger partial charge in [-0.1, -0.05) is 6.58 Å². The average molecular weight is 211 g/mol. The highest BCUT2D eigenvalue weighted by Gasteiger charge is 1.90. The zero-order valence-corrected chi connectivity index (χ0v) is 9.23. The number of halogens is 1. The second kappa shape index (κ2) is 11.4. The van der Waals surface area contributed by atoms with Crippen molar-refractivity contribution in [3.63, 3.8) is 0 Å². The van der Waals surface area contributed by atoms with E-state index >= 15 is 0 Å². The Balaban J connectivity index is -0.000000143. The molecule has 0 spiro atoms. The molecule has 13 heavy (non-hydrogen) atoms. The molecule has 0 atom stereocenters. The molecule has 0 aromatic heterocycles. The fraction of sp³-hybridized carbons (Fsp3) is 0.625. The first-order chi connectivity index (χ1) is 5.41. The van der Waals surface area contributed by atoms with Crippen LogP contribution in [-0.2, 0) is 4.79 Å². The summed E-state index contributed by atoms with van der Waals surface area (Å²) in [4.78, 5) is 11.7. The third-order valence-corrected chi connectivity index (χ3v) is 0.941. The number of aliphatic carboxylic acids is 1. The van der Waals surface area contributed by atoms with Gasteiger partial charge < -0.3 is 15.7 Å². The largest absolute Gasteiger partial charge is 0.478 e. The van der Waals surface area contributed by atoms with Crippen LogP contribution in [0.2, 0.25) is 0 Å². The highest BCUT2D eigenvalue weighted by Crippen LogP contribution is 1.81. The molecule has 0 heterocycles. The lowest BCUT2D eigenvalue weighted by Gasteiger charge is -2.03. The molecule has 0 bridgehead atoms. The highest BCUT2D eigenvalue weighted by atomic mass is 35.5. The van der Waals surface area contributed by atoms with Crippen molar-refractivity contribution in [3.05, 3.63) is 12.2 Å². The zero-order chi connectivity index (χ0) is 10.1. The Labute approximate surface area is 85.8 Å². The van der Waals surface area contributed by atoms with Crippen LogP contribution in [0.25, 0.3) is 0 Å². The van der Waals surface area contributed by atoms with Gasteiger partial charge >= 0.3 is 5.97 Å². The van der Waals surface area contributed by atoms with E-state index in [2.05, 4.69) is 11.5 Å². The third-order valence-electron chi connectivity index (χ3n) is 0.941. The number of carbonyl (C=O) groups is 1. The maximum atomic E-state index is 9.60. The van der Waals surface area contributed by atoms with Gasteiger partial charge in [-0.15, -0.1) is 12.4 Å². The number of hydrogen-bond acceptors (Lipinski definition) is 3. The predicted octanol–water partition coefficient (Wildman–Crippen LogP) is 0.576. The summed E-state index contributed by atoms with van der Waals surface area (Å²) in [5, 5.41) is 7.89. The van der Waals surface area contributed by atoms with Gasteiger partial charge in [0.1, 0.15) is 0 Å². The molecule has 0 amide bonds. The molecule has 3 N–H and O–H groups in total. The Hall–Kier alpha value is -0.580. The molecule has 0 aliphatic carbocycles. The van der Waals surface area contributed by atoms with E-state index in [0.717, 1.165) is 13.1 Å². The van der Waals surface area contributed by atoms with E-state index in [1.165, 1.54) is 6.92 Å². The van der Waals surface area contributed by atoms with Crippen molar-refractivity contribution < 1.29 is 9.90 Å². The maximum absolute atomic E-state index is 9.60. The zero-order valence-electron chi connectivity index (χ0n) is 8.41. The van der Waals surface area contributed by atoms with Gasteiger partial charge in [-0.3, -0.25) is 0 Å². The molecule has 0 rings (SSSR count). The van der Waals surface area contributed by atoms with E-state index in [1.54, 1.807) is 0 Å². The molecule has 0 saturated heterocycles. The number of rotatable bonds is 3. The van der Waals surface area contributed by atoms with Gasteiger partial charge in [0.2, 0.25) is 0 Å². The minimum absolute atomic E-state index is 0. The van der Waals surface area contributed by atoms with Gasteiger partial charge in [-0.25, -0.2) is 4.79 Å². The Morgan fingerprint density at radius 3 is 1.85 bits per heavy atom. The molecule has 0 unspecified atom stereocenters. The lowest BCUT2D eigenvalue weighted by atomic mass is 10.4. The van der Waals surface area contributed by atoms with Crippen LogP contribution < -0.4 is 5.73 Å². The fourth-order valence-corrected chi connectivity index (χ4v) is 0.258. The van der Waals surface area contributed by atoms with Gasteiger partial charge in [-0.05, 0) is 21.0 Å². The first-order valence-corrected chi connectivity index (χ1v) is 3.65. The molecule has 5 heteroatoms. The summed E-state index contributed by atoms with van der Waals surface area (Å²) >= 11 is 0. The van der Waals surface area contributed by atoms with Crippen LogP contribution in [0.4, 0.5) is 0 Å². The normalized spacial score (nSPS) is 8.08. The number of carboxylic acids is 1. The molecule has 0 aliphatic rings. The molecule has 0 saturated carbocycles. The van der Waals surface area contributed by atoms with Crippen molar-refractivity contribution in [1.82, 2.24) is 4.90 Å². The third kappa shape index (κ3) is 24.6. The van der Waals surface area contributed by atoms with E-state index < -0.39 is 5.97 Å². The second-order valence-corrected chi connectivity index (χ2v) is 2.68. The van der Waals surface area contributed by atoms with E-state index in [0.29, 0.717) is 0 Å². The lowest BCUT2D eigenvalue weighted by molar-refractivity contribution is -0.132. The lowest BCUT2D eigenvalue weighted by Crippen LogP contribution is -2.20. The number of nitrogens with two attached hydrogens (primary N) is 1. The molecule has 80 valence electrons. The Morgan fingerprint density at radius 2 is 1.85 bits per heavy atom. The summed E-state index contributed by atoms with van der Waals surface area (Å²) in [5.74, 6) is -0.935. The Morgan fingerprint density at radius 1 is 1.54 bits per heavy atom. The van der Waals surface area contributed by atoms with E-state index in [1.807, 2.05) is 14.1 Å². The smallest absolute Gasteiger partial charge is 0.330 e. The van der Waals surface area contributed by atoms with Crippen molar-refractivity contribution in [2.45, 2.75) is 6.92 Å². The standard InChI is InChI=1S/C4H12N2.C4H6O2.ClH/c1-6(2)4-3-5;1-3(2)4(5)6;/h3-5H2,1-2H3;1H2,2H3,(H,5,6);1H. The molecular formula is C8H19ClN2O2. The molecule has 4 nitrogen and oxygen atoms in total. The number of nitrogens with zero attached hydrogens (tertiary/aromatic N) is 1. The number of carboxylic acid groups (broad SMARTS) is 1. The fourth-order valence-electron chi connectivity index (χ4n) is 0.258. The summed E-state index contributed by atoms with van der Waals surface area (Å²) < 4.78 is 0. The van der Waals surface area contributed by atoms with Crippen molar-refractivity contribution in [2.24, 2.45) is 5.73 Å². The van der Waals surface area contributed by atoms with Crippen LogP contribution in [0.15, 0.2) is 12.2 Å². The summed E-state index contributed by atoms with van der Waals surface area (Å²) in [6.07, 6.45) is 0.